The summed E-state index contributed by atoms with van der Waals surface area (Å²) >= 11 is 0. The lowest BCUT2D eigenvalue weighted by molar-refractivity contribution is -0.122. The number of carbonyl (C=O) groups excluding carboxylic acids is 1. The second-order valence-corrected chi connectivity index (χ2v) is 8.41. The molecule has 0 aromatic heterocycles. The fraction of sp³-hybridized carbons (Fsp3) is 0.880. The zero-order chi connectivity index (χ0) is 20.9. The summed E-state index contributed by atoms with van der Waals surface area (Å²) in [6.07, 6.45) is 24.1. The van der Waals surface area contributed by atoms with Gasteiger partial charge in [-0.2, -0.15) is 0 Å². The molecule has 0 aromatic rings. The highest BCUT2D eigenvalue weighted by Crippen LogP contribution is 2.11. The van der Waals surface area contributed by atoms with E-state index >= 15 is 0 Å². The molecule has 0 aromatic carbocycles. The van der Waals surface area contributed by atoms with Crippen LogP contribution < -0.4 is 5.32 Å². The molecule has 0 aliphatic carbocycles. The van der Waals surface area contributed by atoms with Gasteiger partial charge in [0, 0.05) is 6.42 Å². The van der Waals surface area contributed by atoms with Crippen molar-refractivity contribution in [3.05, 3.63) is 12.2 Å². The fourth-order valence-electron chi connectivity index (χ4n) is 3.45. The first-order valence-corrected chi connectivity index (χ1v) is 12.3. The predicted molar refractivity (Wildman–Crippen MR) is 123 cm³/mol. The number of rotatable bonds is 20. The smallest absolute Gasteiger partial charge is 0.220 e. The molecule has 0 spiro atoms. The lowest BCUT2D eigenvalue weighted by Gasteiger charge is -2.17. The number of hydrogen-bond acceptors (Lipinski definition) is 2. The second-order valence-electron chi connectivity index (χ2n) is 8.41. The Bertz CT molecular complexity index is 368. The maximum Gasteiger partial charge on any atom is 0.220 e. The molecule has 0 fully saturated rings. The molecule has 3 nitrogen and oxygen atoms in total. The van der Waals surface area contributed by atoms with Crippen molar-refractivity contribution in [2.75, 3.05) is 0 Å². The summed E-state index contributed by atoms with van der Waals surface area (Å²) in [4.78, 5) is 11.9. The van der Waals surface area contributed by atoms with E-state index < -0.39 is 6.10 Å². The van der Waals surface area contributed by atoms with Gasteiger partial charge in [-0.1, -0.05) is 109 Å². The number of amides is 1. The molecule has 2 atom stereocenters. The standard InChI is InChI=1S/C25H49NO2/c1-4-6-8-10-11-12-13-14-15-16-18-19-21-24(27)23(3)26-25(28)22-20-17-9-7-5-2/h19,21,23-24,27H,4-18,20,22H2,1-3H3,(H,26,28)/b21-19+/t23-,24-/m1/s1. The van der Waals surface area contributed by atoms with Gasteiger partial charge in [-0.15, -0.1) is 0 Å². The lowest BCUT2D eigenvalue weighted by atomic mass is 10.1. The van der Waals surface area contributed by atoms with Crippen LogP contribution in [0.3, 0.4) is 0 Å². The number of aliphatic hydroxyl groups excluding tert-OH is 1. The van der Waals surface area contributed by atoms with E-state index in [-0.39, 0.29) is 11.9 Å². The monoisotopic (exact) mass is 395 g/mol. The summed E-state index contributed by atoms with van der Waals surface area (Å²) in [5.41, 5.74) is 0. The van der Waals surface area contributed by atoms with Crippen LogP contribution in [0.5, 0.6) is 0 Å². The molecule has 0 saturated carbocycles. The van der Waals surface area contributed by atoms with Crippen molar-refractivity contribution >= 4 is 5.91 Å². The van der Waals surface area contributed by atoms with E-state index in [2.05, 4.69) is 25.2 Å². The van der Waals surface area contributed by atoms with Crippen molar-refractivity contribution in [3.8, 4) is 0 Å². The quantitative estimate of drug-likeness (QED) is 0.171. The third-order valence-electron chi connectivity index (χ3n) is 5.47. The Balaban J connectivity index is 3.57. The Morgan fingerprint density at radius 2 is 1.25 bits per heavy atom. The second kappa shape index (κ2) is 20.9. The zero-order valence-electron chi connectivity index (χ0n) is 19.2. The van der Waals surface area contributed by atoms with Gasteiger partial charge in [-0.05, 0) is 26.2 Å². The van der Waals surface area contributed by atoms with Gasteiger partial charge < -0.3 is 10.4 Å². The first-order chi connectivity index (χ1) is 13.6. The number of unbranched alkanes of at least 4 members (excludes halogenated alkanes) is 14. The number of aliphatic hydroxyl groups is 1. The molecule has 0 heterocycles. The summed E-state index contributed by atoms with van der Waals surface area (Å²) in [5, 5.41) is 13.1. The molecule has 1 amide bonds. The van der Waals surface area contributed by atoms with E-state index in [0.29, 0.717) is 6.42 Å². The normalized spacial score (nSPS) is 13.7. The molecule has 2 N–H and O–H groups in total. The average molecular weight is 396 g/mol. The van der Waals surface area contributed by atoms with Crippen molar-refractivity contribution in [3.63, 3.8) is 0 Å². The van der Waals surface area contributed by atoms with Crippen molar-refractivity contribution in [2.24, 2.45) is 0 Å². The molecule has 3 heteroatoms. The maximum atomic E-state index is 11.9. The van der Waals surface area contributed by atoms with Crippen LogP contribution in [-0.4, -0.2) is 23.2 Å². The van der Waals surface area contributed by atoms with Crippen LogP contribution in [-0.2, 0) is 4.79 Å². The lowest BCUT2D eigenvalue weighted by Crippen LogP contribution is -2.40. The molecule has 0 rings (SSSR count). The Labute approximate surface area is 175 Å². The molecule has 0 saturated heterocycles. The van der Waals surface area contributed by atoms with Crippen molar-refractivity contribution in [1.82, 2.24) is 5.32 Å². The molecule has 0 radical (unpaired) electrons. The first kappa shape index (κ1) is 27.2. The van der Waals surface area contributed by atoms with Crippen molar-refractivity contribution in [2.45, 2.75) is 142 Å². The van der Waals surface area contributed by atoms with Gasteiger partial charge in [0.25, 0.3) is 0 Å². The number of carbonyl (C=O) groups is 1. The molecular formula is C25H49NO2. The molecule has 0 aliphatic rings. The van der Waals surface area contributed by atoms with E-state index in [4.69, 9.17) is 0 Å². The molecule has 0 aliphatic heterocycles. The summed E-state index contributed by atoms with van der Waals surface area (Å²) in [6, 6.07) is -0.216. The summed E-state index contributed by atoms with van der Waals surface area (Å²) < 4.78 is 0. The largest absolute Gasteiger partial charge is 0.387 e. The third kappa shape index (κ3) is 18.5. The number of nitrogens with one attached hydrogen (secondary N) is 1. The Morgan fingerprint density at radius 3 is 1.79 bits per heavy atom. The molecule has 28 heavy (non-hydrogen) atoms. The molecule has 0 bridgehead atoms. The molecular weight excluding hydrogens is 346 g/mol. The number of hydrogen-bond donors (Lipinski definition) is 2. The zero-order valence-corrected chi connectivity index (χ0v) is 19.2. The summed E-state index contributed by atoms with van der Waals surface area (Å²) in [5.74, 6) is 0.0612. The van der Waals surface area contributed by atoms with Crippen LogP contribution in [0.1, 0.15) is 130 Å². The van der Waals surface area contributed by atoms with E-state index in [1.54, 1.807) is 0 Å². The van der Waals surface area contributed by atoms with E-state index in [1.807, 2.05) is 13.0 Å². The molecule has 166 valence electrons. The van der Waals surface area contributed by atoms with Gasteiger partial charge in [0.15, 0.2) is 0 Å². The van der Waals surface area contributed by atoms with Crippen LogP contribution >= 0.6 is 0 Å². The van der Waals surface area contributed by atoms with Gasteiger partial charge in [-0.3, -0.25) is 4.79 Å². The van der Waals surface area contributed by atoms with E-state index in [1.165, 1.54) is 83.5 Å². The highest BCUT2D eigenvalue weighted by Gasteiger charge is 2.13. The molecule has 0 unspecified atom stereocenters. The highest BCUT2D eigenvalue weighted by molar-refractivity contribution is 5.76. The van der Waals surface area contributed by atoms with E-state index in [0.717, 1.165) is 19.3 Å². The van der Waals surface area contributed by atoms with Crippen LogP contribution in [0.2, 0.25) is 0 Å². The minimum absolute atomic E-state index is 0.0612. The maximum absolute atomic E-state index is 11.9. The summed E-state index contributed by atoms with van der Waals surface area (Å²) in [7, 11) is 0. The predicted octanol–water partition coefficient (Wildman–Crippen LogP) is 7.08. The number of allylic oxidation sites excluding steroid dienone is 1. The SMILES string of the molecule is CCCCCCCCCCCC/C=C/[C@@H](O)[C@@H](C)NC(=O)CCCCCCC. The Morgan fingerprint density at radius 1 is 0.786 bits per heavy atom. The van der Waals surface area contributed by atoms with Crippen molar-refractivity contribution < 1.29 is 9.90 Å². The fourth-order valence-corrected chi connectivity index (χ4v) is 3.45. The van der Waals surface area contributed by atoms with Crippen LogP contribution in [0, 0.1) is 0 Å². The van der Waals surface area contributed by atoms with Gasteiger partial charge >= 0.3 is 0 Å². The van der Waals surface area contributed by atoms with Crippen LogP contribution in [0.15, 0.2) is 12.2 Å². The minimum Gasteiger partial charge on any atom is -0.387 e. The van der Waals surface area contributed by atoms with E-state index in [9.17, 15) is 9.90 Å². The topological polar surface area (TPSA) is 49.3 Å². The van der Waals surface area contributed by atoms with Gasteiger partial charge in [0.05, 0.1) is 12.1 Å². The Hall–Kier alpha value is -0.830. The van der Waals surface area contributed by atoms with Gasteiger partial charge in [0.2, 0.25) is 5.91 Å². The highest BCUT2D eigenvalue weighted by atomic mass is 16.3. The average Bonchev–Trinajstić information content (AvgIpc) is 2.68. The first-order valence-electron chi connectivity index (χ1n) is 12.3. The van der Waals surface area contributed by atoms with Crippen molar-refractivity contribution in [1.29, 1.82) is 0 Å². The van der Waals surface area contributed by atoms with Crippen LogP contribution in [0.4, 0.5) is 0 Å². The summed E-state index contributed by atoms with van der Waals surface area (Å²) in [6.45, 7) is 6.34. The van der Waals surface area contributed by atoms with Crippen LogP contribution in [0.25, 0.3) is 0 Å². The van der Waals surface area contributed by atoms with Gasteiger partial charge in [0.1, 0.15) is 0 Å². The minimum atomic E-state index is -0.591. The Kier molecular flexibility index (Phi) is 20.3. The third-order valence-corrected chi connectivity index (χ3v) is 5.47. The van der Waals surface area contributed by atoms with Gasteiger partial charge in [-0.25, -0.2) is 0 Å².